The molecule has 0 aliphatic heterocycles. The Labute approximate surface area is 110 Å². The highest BCUT2D eigenvalue weighted by Gasteiger charge is 2.09. The molecule has 0 saturated heterocycles. The standard InChI is InChI=1S/C16H11NO2/c18-16(15-7-3-4-10-17-15)19-14-9-8-12-5-1-2-6-13(12)11-14/h1-11H. The number of carbonyl (C=O) groups excluding carboxylic acids is 1. The van der Waals surface area contributed by atoms with Crippen LogP contribution in [0, 0.1) is 0 Å². The normalized spacial score (nSPS) is 10.3. The summed E-state index contributed by atoms with van der Waals surface area (Å²) in [5.41, 5.74) is 0.302. The molecule has 3 nitrogen and oxygen atoms in total. The molecule has 0 bridgehead atoms. The maximum absolute atomic E-state index is 11.9. The Morgan fingerprint density at radius 3 is 2.47 bits per heavy atom. The highest BCUT2D eigenvalue weighted by atomic mass is 16.5. The third-order valence-electron chi connectivity index (χ3n) is 2.81. The van der Waals surface area contributed by atoms with E-state index in [4.69, 9.17) is 4.74 Å². The molecule has 0 radical (unpaired) electrons. The molecule has 0 amide bonds. The van der Waals surface area contributed by atoms with E-state index in [1.54, 1.807) is 30.5 Å². The van der Waals surface area contributed by atoms with Crippen molar-refractivity contribution in [1.82, 2.24) is 4.98 Å². The van der Waals surface area contributed by atoms with E-state index in [0.29, 0.717) is 11.4 Å². The van der Waals surface area contributed by atoms with Crippen LogP contribution in [0.15, 0.2) is 66.9 Å². The van der Waals surface area contributed by atoms with Crippen LogP contribution in [0.3, 0.4) is 0 Å². The van der Waals surface area contributed by atoms with Crippen LogP contribution in [0.25, 0.3) is 10.8 Å². The van der Waals surface area contributed by atoms with Gasteiger partial charge in [0.2, 0.25) is 0 Å². The number of benzene rings is 2. The Bertz CT molecular complexity index is 723. The molecule has 0 fully saturated rings. The Kier molecular flexibility index (Phi) is 2.94. The molecule has 0 aliphatic carbocycles. The van der Waals surface area contributed by atoms with Gasteiger partial charge in [-0.1, -0.05) is 36.4 Å². The lowest BCUT2D eigenvalue weighted by molar-refractivity contribution is 0.0729. The molecule has 1 aromatic heterocycles. The molecule has 0 unspecified atom stereocenters. The van der Waals surface area contributed by atoms with Crippen molar-refractivity contribution in [1.29, 1.82) is 0 Å². The van der Waals surface area contributed by atoms with Gasteiger partial charge in [-0.3, -0.25) is 0 Å². The molecule has 0 atom stereocenters. The first kappa shape index (κ1) is 11.4. The topological polar surface area (TPSA) is 39.2 Å². The first-order chi connectivity index (χ1) is 9.33. The van der Waals surface area contributed by atoms with Crippen LogP contribution >= 0.6 is 0 Å². The van der Waals surface area contributed by atoms with Gasteiger partial charge in [-0.2, -0.15) is 0 Å². The van der Waals surface area contributed by atoms with Gasteiger partial charge in [-0.15, -0.1) is 0 Å². The zero-order chi connectivity index (χ0) is 13.1. The lowest BCUT2D eigenvalue weighted by Crippen LogP contribution is -2.09. The van der Waals surface area contributed by atoms with Crippen molar-refractivity contribution in [3.05, 3.63) is 72.6 Å². The molecule has 3 aromatic rings. The maximum Gasteiger partial charge on any atom is 0.362 e. The first-order valence-corrected chi connectivity index (χ1v) is 5.95. The fourth-order valence-corrected chi connectivity index (χ4v) is 1.87. The highest BCUT2D eigenvalue weighted by Crippen LogP contribution is 2.21. The summed E-state index contributed by atoms with van der Waals surface area (Å²) < 4.78 is 5.31. The van der Waals surface area contributed by atoms with E-state index in [1.807, 2.05) is 36.4 Å². The second kappa shape index (κ2) is 4.90. The third kappa shape index (κ3) is 2.45. The van der Waals surface area contributed by atoms with Gasteiger partial charge < -0.3 is 4.74 Å². The van der Waals surface area contributed by atoms with E-state index in [-0.39, 0.29) is 0 Å². The number of hydrogen-bond acceptors (Lipinski definition) is 3. The van der Waals surface area contributed by atoms with Crippen LogP contribution in [-0.4, -0.2) is 11.0 Å². The summed E-state index contributed by atoms with van der Waals surface area (Å²) >= 11 is 0. The lowest BCUT2D eigenvalue weighted by atomic mass is 10.1. The monoisotopic (exact) mass is 249 g/mol. The molecular weight excluding hydrogens is 238 g/mol. The Hall–Kier alpha value is -2.68. The number of pyridine rings is 1. The summed E-state index contributed by atoms with van der Waals surface area (Å²) in [6, 6.07) is 18.6. The lowest BCUT2D eigenvalue weighted by Gasteiger charge is -2.05. The van der Waals surface area contributed by atoms with Crippen molar-refractivity contribution in [3.8, 4) is 5.75 Å². The Balaban J connectivity index is 1.87. The zero-order valence-corrected chi connectivity index (χ0v) is 10.1. The average Bonchev–Trinajstić information content (AvgIpc) is 2.48. The SMILES string of the molecule is O=C(Oc1ccc2ccccc2c1)c1ccccn1. The largest absolute Gasteiger partial charge is 0.422 e. The van der Waals surface area contributed by atoms with Crippen LogP contribution in [0.1, 0.15) is 10.5 Å². The molecule has 19 heavy (non-hydrogen) atoms. The fraction of sp³-hybridized carbons (Fsp3) is 0. The summed E-state index contributed by atoms with van der Waals surface area (Å²) in [6.45, 7) is 0. The van der Waals surface area contributed by atoms with Crippen molar-refractivity contribution < 1.29 is 9.53 Å². The van der Waals surface area contributed by atoms with Gasteiger partial charge in [-0.25, -0.2) is 9.78 Å². The van der Waals surface area contributed by atoms with Crippen LogP contribution in [0.4, 0.5) is 0 Å². The van der Waals surface area contributed by atoms with E-state index < -0.39 is 5.97 Å². The summed E-state index contributed by atoms with van der Waals surface area (Å²) in [7, 11) is 0. The molecule has 3 heteroatoms. The fourth-order valence-electron chi connectivity index (χ4n) is 1.87. The molecule has 2 aromatic carbocycles. The number of aromatic nitrogens is 1. The molecule has 0 saturated carbocycles. The van der Waals surface area contributed by atoms with Crippen molar-refractivity contribution in [2.75, 3.05) is 0 Å². The van der Waals surface area contributed by atoms with Gasteiger partial charge in [0.25, 0.3) is 0 Å². The number of ether oxygens (including phenoxy) is 1. The Morgan fingerprint density at radius 2 is 1.68 bits per heavy atom. The maximum atomic E-state index is 11.9. The number of esters is 1. The van der Waals surface area contributed by atoms with Crippen LogP contribution in [0.5, 0.6) is 5.75 Å². The smallest absolute Gasteiger partial charge is 0.362 e. The van der Waals surface area contributed by atoms with Gasteiger partial charge in [-0.05, 0) is 35.0 Å². The minimum absolute atomic E-state index is 0.302. The van der Waals surface area contributed by atoms with Gasteiger partial charge in [0.15, 0.2) is 0 Å². The minimum atomic E-state index is -0.448. The third-order valence-corrected chi connectivity index (χ3v) is 2.81. The van der Waals surface area contributed by atoms with E-state index >= 15 is 0 Å². The predicted molar refractivity (Wildman–Crippen MR) is 73.1 cm³/mol. The Morgan fingerprint density at radius 1 is 0.895 bits per heavy atom. The molecule has 3 rings (SSSR count). The van der Waals surface area contributed by atoms with Crippen molar-refractivity contribution in [3.63, 3.8) is 0 Å². The van der Waals surface area contributed by atoms with E-state index in [1.165, 1.54) is 0 Å². The van der Waals surface area contributed by atoms with Crippen LogP contribution in [0.2, 0.25) is 0 Å². The molecule has 1 heterocycles. The summed E-state index contributed by atoms with van der Waals surface area (Å²) in [4.78, 5) is 15.8. The van der Waals surface area contributed by atoms with E-state index in [0.717, 1.165) is 10.8 Å². The van der Waals surface area contributed by atoms with E-state index in [9.17, 15) is 4.79 Å². The second-order valence-corrected chi connectivity index (χ2v) is 4.11. The molecule has 0 N–H and O–H groups in total. The number of carbonyl (C=O) groups is 1. The molecule has 0 aliphatic rings. The average molecular weight is 249 g/mol. The summed E-state index contributed by atoms with van der Waals surface area (Å²) in [6.07, 6.45) is 1.57. The number of fused-ring (bicyclic) bond motifs is 1. The minimum Gasteiger partial charge on any atom is -0.422 e. The molecule has 0 spiro atoms. The van der Waals surface area contributed by atoms with Crippen molar-refractivity contribution in [2.45, 2.75) is 0 Å². The van der Waals surface area contributed by atoms with Gasteiger partial charge >= 0.3 is 5.97 Å². The molecular formula is C16H11NO2. The van der Waals surface area contributed by atoms with Gasteiger partial charge in [0, 0.05) is 6.20 Å². The number of rotatable bonds is 2. The van der Waals surface area contributed by atoms with Crippen LogP contribution in [-0.2, 0) is 0 Å². The highest BCUT2D eigenvalue weighted by molar-refractivity contribution is 5.90. The van der Waals surface area contributed by atoms with Gasteiger partial charge in [0.05, 0.1) is 0 Å². The summed E-state index contributed by atoms with van der Waals surface area (Å²) in [5, 5.41) is 2.15. The quantitative estimate of drug-likeness (QED) is 0.515. The second-order valence-electron chi connectivity index (χ2n) is 4.11. The molecule has 92 valence electrons. The predicted octanol–water partition coefficient (Wildman–Crippen LogP) is 3.45. The van der Waals surface area contributed by atoms with Crippen molar-refractivity contribution in [2.24, 2.45) is 0 Å². The first-order valence-electron chi connectivity index (χ1n) is 5.95. The number of hydrogen-bond donors (Lipinski definition) is 0. The number of nitrogens with zero attached hydrogens (tertiary/aromatic N) is 1. The van der Waals surface area contributed by atoms with Crippen LogP contribution < -0.4 is 4.74 Å². The zero-order valence-electron chi connectivity index (χ0n) is 10.1. The summed E-state index contributed by atoms with van der Waals surface area (Å²) in [5.74, 6) is 0.0743. The van der Waals surface area contributed by atoms with Crippen molar-refractivity contribution >= 4 is 16.7 Å². The van der Waals surface area contributed by atoms with Gasteiger partial charge in [0.1, 0.15) is 11.4 Å². The van der Waals surface area contributed by atoms with E-state index in [2.05, 4.69) is 4.98 Å².